The van der Waals surface area contributed by atoms with Gasteiger partial charge in [0.25, 0.3) is 5.91 Å². The Kier molecular flexibility index (Phi) is 5.62. The molecule has 1 atom stereocenters. The number of aromatic nitrogens is 4. The highest BCUT2D eigenvalue weighted by atomic mass is 35.5. The maximum Gasteiger partial charge on any atom is 0.255 e. The summed E-state index contributed by atoms with van der Waals surface area (Å²) in [5.74, 6) is -0.457. The topological polar surface area (TPSA) is 114 Å². The number of nitrogens with one attached hydrogen (secondary N) is 5. The fraction of sp³-hybridized carbons (Fsp3) is 0.0769. The summed E-state index contributed by atoms with van der Waals surface area (Å²) in [6.45, 7) is 1.77. The third-order valence-electron chi connectivity index (χ3n) is 6.23. The predicted octanol–water partition coefficient (Wildman–Crippen LogP) is 5.90. The molecular formula is C26H19ClFN7OS. The van der Waals surface area contributed by atoms with Crippen LogP contribution in [0.15, 0.2) is 77.1 Å². The molecule has 1 amide bonds. The van der Waals surface area contributed by atoms with Crippen molar-refractivity contribution in [1.82, 2.24) is 25.5 Å². The van der Waals surface area contributed by atoms with E-state index in [2.05, 4.69) is 30.8 Å². The summed E-state index contributed by atoms with van der Waals surface area (Å²) < 4.78 is 15.7. The number of hydrogen-bond donors (Lipinski definition) is 5. The standard InChI is InChI=1S/C26H19ClFN7OS/c1-12-22(25(36)31-16-4-7-19-14(8-16)11-29-35-19)23(17-5-3-15(27)10-18(17)28)34-24(30-12)13-2-6-20-21(9-13)33-26(37)32-20/h2-11,23H,1H3,(H,29,35)(H,30,34)(H,31,36)(H2,32,33,37). The Hall–Kier alpha value is -4.28. The monoisotopic (exact) mass is 531 g/mol. The van der Waals surface area contributed by atoms with E-state index >= 15 is 4.39 Å². The minimum Gasteiger partial charge on any atom is -0.343 e. The van der Waals surface area contributed by atoms with Gasteiger partial charge in [0.05, 0.1) is 28.3 Å². The molecule has 0 saturated carbocycles. The van der Waals surface area contributed by atoms with Crippen molar-refractivity contribution in [2.45, 2.75) is 13.0 Å². The molecule has 2 aromatic heterocycles. The number of amides is 1. The van der Waals surface area contributed by atoms with Crippen molar-refractivity contribution in [3.05, 3.63) is 98.8 Å². The van der Waals surface area contributed by atoms with Crippen molar-refractivity contribution in [1.29, 1.82) is 0 Å². The van der Waals surface area contributed by atoms with Gasteiger partial charge in [-0.1, -0.05) is 17.7 Å². The van der Waals surface area contributed by atoms with Crippen LogP contribution in [0.2, 0.25) is 5.02 Å². The summed E-state index contributed by atoms with van der Waals surface area (Å²) in [6, 6.07) is 14.5. The molecule has 11 heteroatoms. The van der Waals surface area contributed by atoms with Crippen molar-refractivity contribution >= 4 is 63.2 Å². The van der Waals surface area contributed by atoms with Crippen LogP contribution < -0.4 is 10.6 Å². The van der Waals surface area contributed by atoms with Crippen LogP contribution in [-0.2, 0) is 4.79 Å². The zero-order chi connectivity index (χ0) is 25.7. The van der Waals surface area contributed by atoms with E-state index in [1.165, 1.54) is 6.07 Å². The lowest BCUT2D eigenvalue weighted by Gasteiger charge is -2.27. The number of amidine groups is 1. The highest BCUT2D eigenvalue weighted by Crippen LogP contribution is 2.35. The van der Waals surface area contributed by atoms with E-state index < -0.39 is 17.8 Å². The van der Waals surface area contributed by atoms with Gasteiger partial charge in [0, 0.05) is 32.9 Å². The van der Waals surface area contributed by atoms with E-state index in [1.54, 1.807) is 31.3 Å². The number of H-pyrrole nitrogens is 3. The average molecular weight is 532 g/mol. The van der Waals surface area contributed by atoms with Crippen LogP contribution in [0.25, 0.3) is 21.9 Å². The number of rotatable bonds is 4. The fourth-order valence-corrected chi connectivity index (χ4v) is 4.84. The zero-order valence-corrected chi connectivity index (χ0v) is 20.9. The Morgan fingerprint density at radius 2 is 1.86 bits per heavy atom. The molecule has 0 bridgehead atoms. The smallest absolute Gasteiger partial charge is 0.255 e. The van der Waals surface area contributed by atoms with Gasteiger partial charge in [-0.2, -0.15) is 5.10 Å². The second-order valence-corrected chi connectivity index (χ2v) is 9.52. The van der Waals surface area contributed by atoms with E-state index in [1.807, 2.05) is 30.3 Å². The van der Waals surface area contributed by atoms with Gasteiger partial charge in [0.1, 0.15) is 17.7 Å². The Morgan fingerprint density at radius 1 is 1.05 bits per heavy atom. The lowest BCUT2D eigenvalue weighted by molar-refractivity contribution is -0.113. The first kappa shape index (κ1) is 23.1. The Bertz CT molecular complexity index is 1830. The minimum absolute atomic E-state index is 0.236. The average Bonchev–Trinajstić information content (AvgIpc) is 3.48. The first-order chi connectivity index (χ1) is 17.9. The number of hydrogen-bond acceptors (Lipinski definition) is 5. The molecule has 1 aliphatic heterocycles. The van der Waals surface area contributed by atoms with Crippen LogP contribution in [0.4, 0.5) is 10.1 Å². The SMILES string of the molecule is CC1=C(C(=O)Nc2ccc3[nH]ncc3c2)C(c2ccc(Cl)cc2F)N=C(c2ccc3[nH]c(=S)[nH]c3c2)N1. The van der Waals surface area contributed by atoms with Crippen molar-refractivity contribution in [3.63, 3.8) is 0 Å². The van der Waals surface area contributed by atoms with E-state index in [-0.39, 0.29) is 10.6 Å². The number of anilines is 1. The Labute approximate surface area is 219 Å². The van der Waals surface area contributed by atoms with E-state index in [0.29, 0.717) is 27.6 Å². The number of nitrogens with zero attached hydrogens (tertiary/aromatic N) is 2. The largest absolute Gasteiger partial charge is 0.343 e. The summed E-state index contributed by atoms with van der Waals surface area (Å²) in [6.07, 6.45) is 1.67. The van der Waals surface area contributed by atoms with Crippen LogP contribution in [0.5, 0.6) is 0 Å². The van der Waals surface area contributed by atoms with Gasteiger partial charge in [0.15, 0.2) is 4.77 Å². The molecule has 0 saturated heterocycles. The van der Waals surface area contributed by atoms with Gasteiger partial charge in [-0.3, -0.25) is 14.9 Å². The summed E-state index contributed by atoms with van der Waals surface area (Å²) in [7, 11) is 0. The second-order valence-electron chi connectivity index (χ2n) is 8.68. The van der Waals surface area contributed by atoms with Crippen LogP contribution in [0.3, 0.4) is 0 Å². The molecule has 0 spiro atoms. The number of halogens is 2. The summed E-state index contributed by atoms with van der Waals surface area (Å²) in [5, 5.41) is 14.2. The first-order valence-corrected chi connectivity index (χ1v) is 12.1. The molecule has 184 valence electrons. The maximum atomic E-state index is 15.1. The van der Waals surface area contributed by atoms with Gasteiger partial charge >= 0.3 is 0 Å². The van der Waals surface area contributed by atoms with Gasteiger partial charge in [-0.05, 0) is 67.7 Å². The van der Waals surface area contributed by atoms with Gasteiger partial charge in [-0.25, -0.2) is 4.39 Å². The molecule has 0 aliphatic carbocycles. The predicted molar refractivity (Wildman–Crippen MR) is 145 cm³/mol. The molecule has 1 aliphatic rings. The molecule has 5 aromatic rings. The Balaban J connectivity index is 1.42. The number of fused-ring (bicyclic) bond motifs is 2. The Morgan fingerprint density at radius 3 is 2.70 bits per heavy atom. The molecule has 6 rings (SSSR count). The van der Waals surface area contributed by atoms with Crippen molar-refractivity contribution in [3.8, 4) is 0 Å². The maximum absolute atomic E-state index is 15.1. The number of aromatic amines is 3. The van der Waals surface area contributed by atoms with Crippen LogP contribution in [-0.4, -0.2) is 31.9 Å². The van der Waals surface area contributed by atoms with Gasteiger partial charge in [0.2, 0.25) is 0 Å². The minimum atomic E-state index is -0.911. The van der Waals surface area contributed by atoms with Gasteiger partial charge < -0.3 is 20.6 Å². The number of carbonyl (C=O) groups is 1. The summed E-state index contributed by atoms with van der Waals surface area (Å²) in [4.78, 5) is 24.5. The highest BCUT2D eigenvalue weighted by molar-refractivity contribution is 7.71. The number of carbonyl (C=O) groups excluding carboxylic acids is 1. The molecule has 8 nitrogen and oxygen atoms in total. The third-order valence-corrected chi connectivity index (χ3v) is 6.67. The molecule has 0 fully saturated rings. The quantitative estimate of drug-likeness (QED) is 0.186. The van der Waals surface area contributed by atoms with Crippen LogP contribution in [0.1, 0.15) is 24.1 Å². The summed E-state index contributed by atoms with van der Waals surface area (Å²) >= 11 is 11.2. The number of benzene rings is 3. The van der Waals surface area contributed by atoms with E-state index in [4.69, 9.17) is 28.8 Å². The molecular weight excluding hydrogens is 513 g/mol. The highest BCUT2D eigenvalue weighted by Gasteiger charge is 2.31. The molecule has 3 aromatic carbocycles. The molecule has 3 heterocycles. The van der Waals surface area contributed by atoms with Crippen molar-refractivity contribution < 1.29 is 9.18 Å². The molecule has 5 N–H and O–H groups in total. The molecule has 0 radical (unpaired) electrons. The normalized spacial score (nSPS) is 15.6. The van der Waals surface area contributed by atoms with Crippen LogP contribution >= 0.6 is 23.8 Å². The lowest BCUT2D eigenvalue weighted by atomic mass is 9.94. The third kappa shape index (κ3) is 4.30. The van der Waals surface area contributed by atoms with Crippen molar-refractivity contribution in [2.24, 2.45) is 4.99 Å². The number of imidazole rings is 1. The van der Waals surface area contributed by atoms with Crippen molar-refractivity contribution in [2.75, 3.05) is 5.32 Å². The van der Waals surface area contributed by atoms with Gasteiger partial charge in [-0.15, -0.1) is 0 Å². The zero-order valence-electron chi connectivity index (χ0n) is 19.3. The first-order valence-electron chi connectivity index (χ1n) is 11.3. The number of allylic oxidation sites excluding steroid dienone is 1. The molecule has 1 unspecified atom stereocenters. The fourth-order valence-electron chi connectivity index (χ4n) is 4.46. The number of aliphatic imine (C=N–C) groups is 1. The second kappa shape index (κ2) is 8.99. The van der Waals surface area contributed by atoms with Crippen LogP contribution in [0, 0.1) is 10.6 Å². The summed E-state index contributed by atoms with van der Waals surface area (Å²) in [5.41, 5.74) is 4.92. The lowest BCUT2D eigenvalue weighted by Crippen LogP contribution is -2.34. The van der Waals surface area contributed by atoms with E-state index in [0.717, 1.165) is 27.5 Å². The molecule has 37 heavy (non-hydrogen) atoms. The van der Waals surface area contributed by atoms with E-state index in [9.17, 15) is 4.79 Å².